The standard InChI is InChI=1S/C37H43N5O/c1-26-39-34-13-7-8-14-35(34)42(26)30-23-28-15-16-29(24-30)41(28)22-19-37(27-9-3-2-4-10-27)17-20-40(21-18-37)36(43)32-25-38-33-12-6-5-11-31(32)33/h2-14,28-30,32,38H,15-25H2,1H3/t28-,29+,30?,32?. The zero-order valence-electron chi connectivity index (χ0n) is 25.3. The van der Waals surface area contributed by atoms with Crippen molar-refractivity contribution in [1.82, 2.24) is 19.4 Å². The van der Waals surface area contributed by atoms with Gasteiger partial charge in [-0.3, -0.25) is 9.69 Å². The van der Waals surface area contributed by atoms with E-state index in [0.717, 1.165) is 61.5 Å². The molecular weight excluding hydrogens is 530 g/mol. The Hall–Kier alpha value is -3.64. The van der Waals surface area contributed by atoms with E-state index in [4.69, 9.17) is 4.98 Å². The Morgan fingerprint density at radius 1 is 0.884 bits per heavy atom. The highest BCUT2D eigenvalue weighted by atomic mass is 16.2. The van der Waals surface area contributed by atoms with E-state index in [9.17, 15) is 4.79 Å². The highest BCUT2D eigenvalue weighted by molar-refractivity contribution is 5.88. The van der Waals surface area contributed by atoms with Gasteiger partial charge in [0, 0.05) is 43.4 Å². The van der Waals surface area contributed by atoms with E-state index in [2.05, 4.69) is 99.4 Å². The molecule has 3 fully saturated rings. The van der Waals surface area contributed by atoms with Crippen LogP contribution in [-0.4, -0.2) is 63.5 Å². The molecule has 0 spiro atoms. The third kappa shape index (κ3) is 4.66. The quantitative estimate of drug-likeness (QED) is 0.280. The molecule has 43 heavy (non-hydrogen) atoms. The molecule has 3 saturated heterocycles. The lowest BCUT2D eigenvalue weighted by molar-refractivity contribution is -0.134. The predicted molar refractivity (Wildman–Crippen MR) is 172 cm³/mol. The van der Waals surface area contributed by atoms with Crippen molar-refractivity contribution in [2.24, 2.45) is 0 Å². The Balaban J connectivity index is 0.972. The lowest BCUT2D eigenvalue weighted by Crippen LogP contribution is -2.49. The summed E-state index contributed by atoms with van der Waals surface area (Å²) in [6, 6.07) is 30.0. The van der Waals surface area contributed by atoms with Gasteiger partial charge < -0.3 is 14.8 Å². The monoisotopic (exact) mass is 573 g/mol. The second-order valence-electron chi connectivity index (χ2n) is 13.5. The van der Waals surface area contributed by atoms with E-state index >= 15 is 0 Å². The predicted octanol–water partition coefficient (Wildman–Crippen LogP) is 6.67. The van der Waals surface area contributed by atoms with Crippen LogP contribution in [0.5, 0.6) is 0 Å². The first-order valence-electron chi connectivity index (χ1n) is 16.5. The fourth-order valence-electron chi connectivity index (χ4n) is 9.14. The number of likely N-dealkylation sites (tertiary alicyclic amines) is 1. The number of aryl methyl sites for hydroxylation is 1. The fraction of sp³-hybridized carbons (Fsp3) is 0.459. The van der Waals surface area contributed by atoms with Gasteiger partial charge in [-0.1, -0.05) is 60.7 Å². The molecule has 6 nitrogen and oxygen atoms in total. The number of hydrogen-bond donors (Lipinski definition) is 1. The van der Waals surface area contributed by atoms with Crippen molar-refractivity contribution in [2.45, 2.75) is 81.3 Å². The van der Waals surface area contributed by atoms with E-state index in [1.54, 1.807) is 0 Å². The number of nitrogens with one attached hydrogen (secondary N) is 1. The molecule has 1 amide bonds. The van der Waals surface area contributed by atoms with Crippen LogP contribution in [0.3, 0.4) is 0 Å². The zero-order chi connectivity index (χ0) is 29.0. The third-order valence-corrected chi connectivity index (χ3v) is 11.4. The average molecular weight is 574 g/mol. The lowest BCUT2D eigenvalue weighted by Gasteiger charge is -2.46. The second-order valence-corrected chi connectivity index (χ2v) is 13.5. The minimum atomic E-state index is -0.0615. The molecule has 2 unspecified atom stereocenters. The van der Waals surface area contributed by atoms with Crippen LogP contribution in [-0.2, 0) is 10.2 Å². The van der Waals surface area contributed by atoms with Crippen LogP contribution in [0, 0.1) is 6.92 Å². The molecule has 0 saturated carbocycles. The lowest BCUT2D eigenvalue weighted by atomic mass is 9.70. The summed E-state index contributed by atoms with van der Waals surface area (Å²) in [7, 11) is 0. The number of benzene rings is 3. The fourth-order valence-corrected chi connectivity index (χ4v) is 9.14. The number of fused-ring (bicyclic) bond motifs is 4. The minimum Gasteiger partial charge on any atom is -0.384 e. The number of nitrogens with zero attached hydrogens (tertiary/aromatic N) is 4. The highest BCUT2D eigenvalue weighted by Crippen LogP contribution is 2.45. The molecule has 8 rings (SSSR count). The topological polar surface area (TPSA) is 53.4 Å². The number of hydrogen-bond acceptors (Lipinski definition) is 4. The summed E-state index contributed by atoms with van der Waals surface area (Å²) in [6.07, 6.45) is 8.30. The van der Waals surface area contributed by atoms with Crippen LogP contribution in [0.1, 0.15) is 73.9 Å². The van der Waals surface area contributed by atoms with Crippen molar-refractivity contribution in [3.8, 4) is 0 Å². The first-order valence-corrected chi connectivity index (χ1v) is 16.5. The molecule has 2 bridgehead atoms. The van der Waals surface area contributed by atoms with Gasteiger partial charge in [0.25, 0.3) is 0 Å². The second kappa shape index (κ2) is 10.8. The Kier molecular flexibility index (Phi) is 6.78. The summed E-state index contributed by atoms with van der Waals surface area (Å²) < 4.78 is 2.54. The van der Waals surface area contributed by atoms with Crippen molar-refractivity contribution in [3.63, 3.8) is 0 Å². The smallest absolute Gasteiger partial charge is 0.231 e. The number of amides is 1. The third-order valence-electron chi connectivity index (χ3n) is 11.4. The van der Waals surface area contributed by atoms with Gasteiger partial charge in [0.1, 0.15) is 5.82 Å². The molecule has 1 aromatic heterocycles. The van der Waals surface area contributed by atoms with Gasteiger partial charge in [-0.15, -0.1) is 0 Å². The summed E-state index contributed by atoms with van der Waals surface area (Å²) in [6.45, 7) is 5.72. The first-order chi connectivity index (χ1) is 21.1. The summed E-state index contributed by atoms with van der Waals surface area (Å²) >= 11 is 0. The Morgan fingerprint density at radius 2 is 1.58 bits per heavy atom. The van der Waals surface area contributed by atoms with Crippen molar-refractivity contribution < 1.29 is 4.79 Å². The van der Waals surface area contributed by atoms with Gasteiger partial charge in [0.15, 0.2) is 0 Å². The molecule has 0 aliphatic carbocycles. The van der Waals surface area contributed by atoms with Crippen LogP contribution in [0.2, 0.25) is 0 Å². The SMILES string of the molecule is Cc1nc2ccccc2n1C1C[C@H]2CC[C@@H](C1)N2CCC1(c2ccccc2)CCN(C(=O)C2CNc3ccccc32)CC1. The number of carbonyl (C=O) groups is 1. The van der Waals surface area contributed by atoms with E-state index in [-0.39, 0.29) is 11.3 Å². The van der Waals surface area contributed by atoms with Crippen molar-refractivity contribution in [3.05, 3.63) is 95.8 Å². The molecule has 5 heterocycles. The molecule has 0 radical (unpaired) electrons. The summed E-state index contributed by atoms with van der Waals surface area (Å²) in [5.74, 6) is 1.38. The summed E-state index contributed by atoms with van der Waals surface area (Å²) in [4.78, 5) is 23.6. The molecular formula is C37H43N5O. The maximum atomic E-state index is 13.7. The molecule has 222 valence electrons. The molecule has 4 atom stereocenters. The van der Waals surface area contributed by atoms with Gasteiger partial charge in [-0.25, -0.2) is 4.98 Å². The van der Waals surface area contributed by atoms with E-state index in [1.165, 1.54) is 36.8 Å². The van der Waals surface area contributed by atoms with Crippen molar-refractivity contribution in [1.29, 1.82) is 0 Å². The average Bonchev–Trinajstić information content (AvgIpc) is 3.70. The van der Waals surface area contributed by atoms with E-state index in [0.29, 0.717) is 30.6 Å². The van der Waals surface area contributed by atoms with Crippen molar-refractivity contribution in [2.75, 3.05) is 31.5 Å². The molecule has 4 aliphatic rings. The van der Waals surface area contributed by atoms with Gasteiger partial charge in [-0.2, -0.15) is 0 Å². The van der Waals surface area contributed by atoms with Gasteiger partial charge in [-0.05, 0) is 93.2 Å². The maximum absolute atomic E-state index is 13.7. The van der Waals surface area contributed by atoms with Crippen LogP contribution >= 0.6 is 0 Å². The molecule has 4 aliphatic heterocycles. The maximum Gasteiger partial charge on any atom is 0.231 e. The molecule has 3 aromatic carbocycles. The summed E-state index contributed by atoms with van der Waals surface area (Å²) in [5.41, 5.74) is 6.27. The Bertz CT molecular complexity index is 1610. The van der Waals surface area contributed by atoms with Crippen LogP contribution < -0.4 is 5.32 Å². The largest absolute Gasteiger partial charge is 0.384 e. The number of rotatable bonds is 6. The number of aromatic nitrogens is 2. The van der Waals surface area contributed by atoms with Gasteiger partial charge in [0.05, 0.1) is 17.0 Å². The number of anilines is 1. The van der Waals surface area contributed by atoms with Crippen molar-refractivity contribution >= 4 is 22.6 Å². The van der Waals surface area contributed by atoms with E-state index in [1.807, 2.05) is 6.07 Å². The number of piperidine rings is 2. The van der Waals surface area contributed by atoms with Crippen LogP contribution in [0.25, 0.3) is 11.0 Å². The zero-order valence-corrected chi connectivity index (χ0v) is 25.3. The van der Waals surface area contributed by atoms with Crippen LogP contribution in [0.15, 0.2) is 78.9 Å². The minimum absolute atomic E-state index is 0.0615. The first kappa shape index (κ1) is 26.9. The number of para-hydroxylation sites is 3. The van der Waals surface area contributed by atoms with Crippen LogP contribution in [0.4, 0.5) is 5.69 Å². The van der Waals surface area contributed by atoms with E-state index < -0.39 is 0 Å². The molecule has 6 heteroatoms. The molecule has 1 N–H and O–H groups in total. The summed E-state index contributed by atoms with van der Waals surface area (Å²) in [5, 5.41) is 3.45. The Labute approximate surface area is 255 Å². The van der Waals surface area contributed by atoms with Gasteiger partial charge in [0.2, 0.25) is 5.91 Å². The Morgan fingerprint density at radius 3 is 2.37 bits per heavy atom. The number of carbonyl (C=O) groups excluding carboxylic acids is 1. The number of imidazole rings is 1. The molecule has 4 aromatic rings. The van der Waals surface area contributed by atoms with Gasteiger partial charge >= 0.3 is 0 Å². The highest BCUT2D eigenvalue weighted by Gasteiger charge is 2.44. The normalized spacial score (nSPS) is 26.4.